The number of nitrogen functional groups attached to an aromatic ring is 1. The molecule has 21 heavy (non-hydrogen) atoms. The molecule has 6 heteroatoms. The van der Waals surface area contributed by atoms with E-state index in [1.165, 1.54) is 10.9 Å². The standard InChI is InChI=1S/C15H13BrN4O/c1-9-13(16)15(21)20(8-18-9)7-11-6-10-4-2-3-5-12(10)19-14(11)17/h2-6,8H,7H2,1H3,(H2,17,19). The van der Waals surface area contributed by atoms with Crippen molar-refractivity contribution in [1.29, 1.82) is 0 Å². The highest BCUT2D eigenvalue weighted by Gasteiger charge is 2.09. The fraction of sp³-hybridized carbons (Fsp3) is 0.133. The summed E-state index contributed by atoms with van der Waals surface area (Å²) in [6.45, 7) is 2.12. The number of para-hydroxylation sites is 1. The van der Waals surface area contributed by atoms with E-state index in [-0.39, 0.29) is 5.56 Å². The SMILES string of the molecule is Cc1ncn(Cc2cc3ccccc3nc2N)c(=O)c1Br. The monoisotopic (exact) mass is 344 g/mol. The van der Waals surface area contributed by atoms with Gasteiger partial charge in [0.2, 0.25) is 0 Å². The molecule has 0 atom stereocenters. The van der Waals surface area contributed by atoms with E-state index in [2.05, 4.69) is 25.9 Å². The van der Waals surface area contributed by atoms with Gasteiger partial charge in [0.15, 0.2) is 0 Å². The molecular weight excluding hydrogens is 332 g/mol. The van der Waals surface area contributed by atoms with E-state index < -0.39 is 0 Å². The molecule has 0 aliphatic heterocycles. The zero-order chi connectivity index (χ0) is 15.0. The van der Waals surface area contributed by atoms with E-state index in [0.717, 1.165) is 16.5 Å². The molecule has 0 fully saturated rings. The van der Waals surface area contributed by atoms with Gasteiger partial charge in [-0.15, -0.1) is 0 Å². The maximum Gasteiger partial charge on any atom is 0.268 e. The van der Waals surface area contributed by atoms with Gasteiger partial charge in [0.1, 0.15) is 10.3 Å². The van der Waals surface area contributed by atoms with Crippen molar-refractivity contribution in [2.24, 2.45) is 0 Å². The highest BCUT2D eigenvalue weighted by molar-refractivity contribution is 9.10. The Balaban J connectivity index is 2.08. The van der Waals surface area contributed by atoms with Crippen LogP contribution in [0.1, 0.15) is 11.3 Å². The van der Waals surface area contributed by atoms with Gasteiger partial charge < -0.3 is 5.73 Å². The van der Waals surface area contributed by atoms with Gasteiger partial charge in [-0.3, -0.25) is 9.36 Å². The molecule has 2 N–H and O–H groups in total. The van der Waals surface area contributed by atoms with Crippen LogP contribution in [0.2, 0.25) is 0 Å². The second kappa shape index (κ2) is 5.29. The van der Waals surface area contributed by atoms with Crippen molar-refractivity contribution in [3.8, 4) is 0 Å². The van der Waals surface area contributed by atoms with E-state index in [0.29, 0.717) is 22.5 Å². The molecule has 0 amide bonds. The van der Waals surface area contributed by atoms with Gasteiger partial charge in [-0.25, -0.2) is 9.97 Å². The molecule has 2 aromatic heterocycles. The van der Waals surface area contributed by atoms with Crippen LogP contribution in [0.3, 0.4) is 0 Å². The summed E-state index contributed by atoms with van der Waals surface area (Å²) < 4.78 is 1.98. The summed E-state index contributed by atoms with van der Waals surface area (Å²) in [5.74, 6) is 0.428. The zero-order valence-corrected chi connectivity index (χ0v) is 13.0. The molecule has 2 heterocycles. The first-order valence-corrected chi connectivity index (χ1v) is 7.21. The van der Waals surface area contributed by atoms with Crippen LogP contribution in [0, 0.1) is 6.92 Å². The van der Waals surface area contributed by atoms with E-state index in [1.807, 2.05) is 30.3 Å². The summed E-state index contributed by atoms with van der Waals surface area (Å²) in [6, 6.07) is 9.70. The molecule has 0 saturated carbocycles. The molecule has 0 radical (unpaired) electrons. The number of anilines is 1. The number of halogens is 1. The summed E-state index contributed by atoms with van der Waals surface area (Å²) in [5.41, 5.74) is 8.17. The maximum atomic E-state index is 12.2. The van der Waals surface area contributed by atoms with Crippen LogP contribution in [0.4, 0.5) is 5.82 Å². The first-order valence-electron chi connectivity index (χ1n) is 6.42. The molecule has 1 aromatic carbocycles. The molecule has 5 nitrogen and oxygen atoms in total. The van der Waals surface area contributed by atoms with Crippen LogP contribution >= 0.6 is 15.9 Å². The van der Waals surface area contributed by atoms with Crippen molar-refractivity contribution < 1.29 is 0 Å². The molecule has 0 bridgehead atoms. The first kappa shape index (κ1) is 13.8. The Kier molecular flexibility index (Phi) is 3.47. The largest absolute Gasteiger partial charge is 0.383 e. The lowest BCUT2D eigenvalue weighted by atomic mass is 10.1. The van der Waals surface area contributed by atoms with E-state index >= 15 is 0 Å². The summed E-state index contributed by atoms with van der Waals surface area (Å²) in [4.78, 5) is 20.7. The molecule has 3 rings (SSSR count). The fourth-order valence-electron chi connectivity index (χ4n) is 2.14. The Bertz CT molecular complexity index is 888. The number of rotatable bonds is 2. The van der Waals surface area contributed by atoms with Gasteiger partial charge >= 0.3 is 0 Å². The summed E-state index contributed by atoms with van der Waals surface area (Å²) in [5, 5.41) is 0.994. The second-order valence-corrected chi connectivity index (χ2v) is 5.60. The first-order chi connectivity index (χ1) is 10.1. The fourth-order valence-corrected chi connectivity index (χ4v) is 2.47. The van der Waals surface area contributed by atoms with Gasteiger partial charge in [0.05, 0.1) is 24.1 Å². The Morgan fingerprint density at radius 3 is 2.90 bits per heavy atom. The average molecular weight is 345 g/mol. The van der Waals surface area contributed by atoms with Gasteiger partial charge in [0.25, 0.3) is 5.56 Å². The number of fused-ring (bicyclic) bond motifs is 1. The van der Waals surface area contributed by atoms with Crippen molar-refractivity contribution >= 4 is 32.7 Å². The van der Waals surface area contributed by atoms with E-state index in [1.54, 1.807) is 6.92 Å². The van der Waals surface area contributed by atoms with Crippen LogP contribution in [-0.4, -0.2) is 14.5 Å². The zero-order valence-electron chi connectivity index (χ0n) is 11.4. The quantitative estimate of drug-likeness (QED) is 0.774. The molecule has 3 aromatic rings. The van der Waals surface area contributed by atoms with Crippen molar-refractivity contribution in [1.82, 2.24) is 14.5 Å². The minimum Gasteiger partial charge on any atom is -0.383 e. The lowest BCUT2D eigenvalue weighted by Gasteiger charge is -2.10. The van der Waals surface area contributed by atoms with Crippen LogP contribution in [0.25, 0.3) is 10.9 Å². The Morgan fingerprint density at radius 2 is 2.10 bits per heavy atom. The third kappa shape index (κ3) is 2.54. The predicted molar refractivity (Wildman–Crippen MR) is 86.2 cm³/mol. The highest BCUT2D eigenvalue weighted by Crippen LogP contribution is 2.19. The lowest BCUT2D eigenvalue weighted by molar-refractivity contribution is 0.725. The van der Waals surface area contributed by atoms with Gasteiger partial charge in [-0.05, 0) is 35.0 Å². The lowest BCUT2D eigenvalue weighted by Crippen LogP contribution is -2.23. The molecule has 0 unspecified atom stereocenters. The Morgan fingerprint density at radius 1 is 1.33 bits per heavy atom. The molecule has 0 saturated heterocycles. The van der Waals surface area contributed by atoms with Gasteiger partial charge in [-0.1, -0.05) is 18.2 Å². The van der Waals surface area contributed by atoms with Crippen LogP contribution < -0.4 is 11.3 Å². The predicted octanol–water partition coefficient (Wildman–Crippen LogP) is 2.49. The van der Waals surface area contributed by atoms with E-state index in [4.69, 9.17) is 5.73 Å². The van der Waals surface area contributed by atoms with Crippen LogP contribution in [0.5, 0.6) is 0 Å². The molecule has 0 aliphatic rings. The number of aromatic nitrogens is 3. The molecule has 0 spiro atoms. The van der Waals surface area contributed by atoms with Crippen LogP contribution in [-0.2, 0) is 6.54 Å². The van der Waals surface area contributed by atoms with Crippen molar-refractivity contribution in [2.75, 3.05) is 5.73 Å². The molecule has 106 valence electrons. The second-order valence-electron chi connectivity index (χ2n) is 4.80. The molecule has 0 aliphatic carbocycles. The molecular formula is C15H13BrN4O. The number of pyridine rings is 1. The number of hydrogen-bond acceptors (Lipinski definition) is 4. The third-order valence-corrected chi connectivity index (χ3v) is 4.25. The number of hydrogen-bond donors (Lipinski definition) is 1. The summed E-state index contributed by atoms with van der Waals surface area (Å²) in [6.07, 6.45) is 1.52. The summed E-state index contributed by atoms with van der Waals surface area (Å²) >= 11 is 3.26. The minimum atomic E-state index is -0.130. The van der Waals surface area contributed by atoms with Crippen molar-refractivity contribution in [3.05, 3.63) is 62.7 Å². The maximum absolute atomic E-state index is 12.2. The van der Waals surface area contributed by atoms with E-state index in [9.17, 15) is 4.79 Å². The van der Waals surface area contributed by atoms with Crippen molar-refractivity contribution in [3.63, 3.8) is 0 Å². The number of benzene rings is 1. The number of nitrogens with zero attached hydrogens (tertiary/aromatic N) is 3. The third-order valence-electron chi connectivity index (χ3n) is 3.33. The average Bonchev–Trinajstić information content (AvgIpc) is 2.48. The Labute approximate surface area is 129 Å². The highest BCUT2D eigenvalue weighted by atomic mass is 79.9. The number of nitrogens with two attached hydrogens (primary N) is 1. The summed E-state index contributed by atoms with van der Waals surface area (Å²) in [7, 11) is 0. The van der Waals surface area contributed by atoms with Crippen LogP contribution in [0.15, 0.2) is 45.9 Å². The Hall–Kier alpha value is -2.21. The normalized spacial score (nSPS) is 11.0. The topological polar surface area (TPSA) is 73.8 Å². The number of aryl methyl sites for hydroxylation is 1. The minimum absolute atomic E-state index is 0.130. The van der Waals surface area contributed by atoms with Gasteiger partial charge in [-0.2, -0.15) is 0 Å². The van der Waals surface area contributed by atoms with Gasteiger partial charge in [0, 0.05) is 10.9 Å². The smallest absolute Gasteiger partial charge is 0.268 e. The van der Waals surface area contributed by atoms with Crippen molar-refractivity contribution in [2.45, 2.75) is 13.5 Å².